The van der Waals surface area contributed by atoms with E-state index in [4.69, 9.17) is 18.9 Å². The minimum atomic E-state index is -1.07. The van der Waals surface area contributed by atoms with Crippen LogP contribution in [0, 0.1) is 0 Å². The molecule has 1 N–H and O–H groups in total. The standard InChI is InChI=1S/C24H27N3O6S/c1-6-27-22(16-12-17(30-3)14-18(13-16)31-4)25-26-24(27)34-21(23(28)29)11-15-8-9-19(32-5)20(10-15)33-7-2/h8-14H,6-7H2,1-5H3,(H,28,29)/b21-11-. The molecule has 0 bridgehead atoms. The van der Waals surface area contributed by atoms with Gasteiger partial charge in [0.15, 0.2) is 22.5 Å². The van der Waals surface area contributed by atoms with Gasteiger partial charge in [0, 0.05) is 18.2 Å². The third-order valence-electron chi connectivity index (χ3n) is 4.84. The van der Waals surface area contributed by atoms with Crippen LogP contribution in [-0.2, 0) is 11.3 Å². The largest absolute Gasteiger partial charge is 0.497 e. The van der Waals surface area contributed by atoms with Gasteiger partial charge in [0.05, 0.1) is 27.9 Å². The molecule has 1 heterocycles. The lowest BCUT2D eigenvalue weighted by atomic mass is 10.2. The summed E-state index contributed by atoms with van der Waals surface area (Å²) in [4.78, 5) is 12.1. The van der Waals surface area contributed by atoms with Crippen LogP contribution in [0.5, 0.6) is 23.0 Å². The Morgan fingerprint density at radius 2 is 1.71 bits per heavy atom. The average molecular weight is 486 g/mol. The molecule has 0 aliphatic heterocycles. The van der Waals surface area contributed by atoms with E-state index in [-0.39, 0.29) is 4.91 Å². The first kappa shape index (κ1) is 25.0. The highest BCUT2D eigenvalue weighted by Crippen LogP contribution is 2.34. The van der Waals surface area contributed by atoms with E-state index in [0.717, 1.165) is 17.3 Å². The maximum Gasteiger partial charge on any atom is 0.342 e. The summed E-state index contributed by atoms with van der Waals surface area (Å²) >= 11 is 1.02. The van der Waals surface area contributed by atoms with Crippen molar-refractivity contribution in [3.63, 3.8) is 0 Å². The molecule has 0 radical (unpaired) electrons. The van der Waals surface area contributed by atoms with Crippen molar-refractivity contribution in [2.45, 2.75) is 25.5 Å². The van der Waals surface area contributed by atoms with E-state index < -0.39 is 5.97 Å². The first-order valence-corrected chi connectivity index (χ1v) is 11.4. The number of hydrogen-bond acceptors (Lipinski definition) is 8. The Labute approximate surface area is 202 Å². The molecule has 0 amide bonds. The van der Waals surface area contributed by atoms with Gasteiger partial charge >= 0.3 is 5.97 Å². The Balaban J connectivity index is 1.99. The molecule has 2 aromatic carbocycles. The van der Waals surface area contributed by atoms with Gasteiger partial charge in [0.25, 0.3) is 0 Å². The summed E-state index contributed by atoms with van der Waals surface area (Å²) in [5.74, 6) is 1.85. The first-order valence-electron chi connectivity index (χ1n) is 10.5. The molecule has 1 aromatic heterocycles. The summed E-state index contributed by atoms with van der Waals surface area (Å²) in [5.41, 5.74) is 1.41. The van der Waals surface area contributed by atoms with E-state index in [9.17, 15) is 9.90 Å². The lowest BCUT2D eigenvalue weighted by Crippen LogP contribution is -2.03. The zero-order valence-corrected chi connectivity index (χ0v) is 20.5. The number of hydrogen-bond donors (Lipinski definition) is 1. The number of ether oxygens (including phenoxy) is 4. The Kier molecular flexibility index (Phi) is 8.42. The molecule has 3 aromatic rings. The second-order valence-corrected chi connectivity index (χ2v) is 7.92. The highest BCUT2D eigenvalue weighted by molar-refractivity contribution is 8.04. The van der Waals surface area contributed by atoms with E-state index in [0.29, 0.717) is 52.7 Å². The van der Waals surface area contributed by atoms with Crippen LogP contribution in [0.15, 0.2) is 46.5 Å². The fourth-order valence-electron chi connectivity index (χ4n) is 3.24. The van der Waals surface area contributed by atoms with Crippen LogP contribution in [0.25, 0.3) is 17.5 Å². The molecule has 0 aliphatic carbocycles. The fraction of sp³-hybridized carbons (Fsp3) is 0.292. The van der Waals surface area contributed by atoms with Gasteiger partial charge in [-0.05, 0) is 61.5 Å². The molecule has 0 aliphatic rings. The van der Waals surface area contributed by atoms with Gasteiger partial charge in [-0.1, -0.05) is 6.07 Å². The molecule has 3 rings (SSSR count). The molecule has 0 saturated heterocycles. The number of aromatic nitrogens is 3. The van der Waals surface area contributed by atoms with E-state index in [1.165, 1.54) is 0 Å². The number of carboxylic acids is 1. The number of aliphatic carboxylic acids is 1. The van der Waals surface area contributed by atoms with Crippen LogP contribution in [-0.4, -0.2) is 53.8 Å². The third-order valence-corrected chi connectivity index (χ3v) is 5.84. The van der Waals surface area contributed by atoms with Gasteiger partial charge < -0.3 is 28.6 Å². The average Bonchev–Trinajstić information content (AvgIpc) is 3.26. The van der Waals surface area contributed by atoms with E-state index in [1.54, 1.807) is 51.7 Å². The molecule has 0 atom stereocenters. The predicted octanol–water partition coefficient (Wildman–Crippen LogP) is 4.61. The first-order chi connectivity index (χ1) is 16.4. The van der Waals surface area contributed by atoms with E-state index in [2.05, 4.69) is 10.2 Å². The van der Waals surface area contributed by atoms with Gasteiger partial charge in [-0.2, -0.15) is 0 Å². The van der Waals surface area contributed by atoms with Gasteiger partial charge in [0.2, 0.25) is 0 Å². The highest BCUT2D eigenvalue weighted by atomic mass is 32.2. The second-order valence-electron chi connectivity index (χ2n) is 6.91. The maximum atomic E-state index is 12.0. The quantitative estimate of drug-likeness (QED) is 0.308. The SMILES string of the molecule is CCOc1cc(/C=C(\Sc2nnc(-c3cc(OC)cc(OC)c3)n2CC)C(=O)O)ccc1OC. The summed E-state index contributed by atoms with van der Waals surface area (Å²) in [6, 6.07) is 10.7. The van der Waals surface area contributed by atoms with Crippen molar-refractivity contribution < 1.29 is 28.8 Å². The maximum absolute atomic E-state index is 12.0. The Morgan fingerprint density at radius 1 is 1.00 bits per heavy atom. The second kappa shape index (κ2) is 11.5. The summed E-state index contributed by atoms with van der Waals surface area (Å²) in [7, 11) is 4.70. The number of benzene rings is 2. The predicted molar refractivity (Wildman–Crippen MR) is 130 cm³/mol. The van der Waals surface area contributed by atoms with Crippen molar-refractivity contribution in [3.8, 4) is 34.4 Å². The lowest BCUT2D eigenvalue weighted by molar-refractivity contribution is -0.131. The van der Waals surface area contributed by atoms with Gasteiger partial charge in [-0.25, -0.2) is 4.79 Å². The van der Waals surface area contributed by atoms with Crippen LogP contribution in [0.3, 0.4) is 0 Å². The number of carbonyl (C=O) groups is 1. The number of methoxy groups -OCH3 is 3. The number of nitrogens with zero attached hydrogens (tertiary/aromatic N) is 3. The van der Waals surface area contributed by atoms with Crippen molar-refractivity contribution >= 4 is 23.8 Å². The number of rotatable bonds is 11. The molecule has 9 nitrogen and oxygen atoms in total. The molecule has 0 saturated carbocycles. The number of carboxylic acid groups (broad SMARTS) is 1. The van der Waals surface area contributed by atoms with Crippen LogP contribution in [0.4, 0.5) is 0 Å². The highest BCUT2D eigenvalue weighted by Gasteiger charge is 2.19. The minimum absolute atomic E-state index is 0.0875. The van der Waals surface area contributed by atoms with Gasteiger partial charge in [-0.3, -0.25) is 0 Å². The Morgan fingerprint density at radius 3 is 2.26 bits per heavy atom. The molecule has 0 unspecified atom stereocenters. The van der Waals surface area contributed by atoms with Crippen molar-refractivity contribution in [3.05, 3.63) is 46.9 Å². The number of thioether (sulfide) groups is 1. The summed E-state index contributed by atoms with van der Waals surface area (Å²) in [6.45, 7) is 4.81. The van der Waals surface area contributed by atoms with Gasteiger partial charge in [-0.15, -0.1) is 10.2 Å². The van der Waals surface area contributed by atoms with Crippen LogP contribution in [0.2, 0.25) is 0 Å². The zero-order chi connectivity index (χ0) is 24.7. The van der Waals surface area contributed by atoms with Crippen LogP contribution in [0.1, 0.15) is 19.4 Å². The molecule has 0 spiro atoms. The van der Waals surface area contributed by atoms with Crippen molar-refractivity contribution in [1.82, 2.24) is 14.8 Å². The lowest BCUT2D eigenvalue weighted by Gasteiger charge is -2.11. The Hall–Kier alpha value is -3.66. The molecule has 10 heteroatoms. The summed E-state index contributed by atoms with van der Waals surface area (Å²) < 4.78 is 23.5. The molecule has 180 valence electrons. The van der Waals surface area contributed by atoms with E-state index in [1.807, 2.05) is 30.5 Å². The monoisotopic (exact) mass is 485 g/mol. The van der Waals surface area contributed by atoms with E-state index >= 15 is 0 Å². The van der Waals surface area contributed by atoms with Crippen LogP contribution < -0.4 is 18.9 Å². The normalized spacial score (nSPS) is 11.3. The van der Waals surface area contributed by atoms with Crippen LogP contribution >= 0.6 is 11.8 Å². The third kappa shape index (κ3) is 5.63. The van der Waals surface area contributed by atoms with Gasteiger partial charge in [0.1, 0.15) is 16.4 Å². The van der Waals surface area contributed by atoms with Crippen molar-refractivity contribution in [2.75, 3.05) is 27.9 Å². The summed E-state index contributed by atoms with van der Waals surface area (Å²) in [5, 5.41) is 18.9. The molecular weight excluding hydrogens is 458 g/mol. The van der Waals surface area contributed by atoms with Crippen molar-refractivity contribution in [2.24, 2.45) is 0 Å². The Bertz CT molecular complexity index is 1170. The zero-order valence-electron chi connectivity index (χ0n) is 19.7. The smallest absolute Gasteiger partial charge is 0.342 e. The van der Waals surface area contributed by atoms with Crippen molar-refractivity contribution in [1.29, 1.82) is 0 Å². The molecule has 34 heavy (non-hydrogen) atoms. The summed E-state index contributed by atoms with van der Waals surface area (Å²) in [6.07, 6.45) is 1.57. The molecule has 0 fully saturated rings. The fourth-order valence-corrected chi connectivity index (χ4v) is 4.12. The molecular formula is C24H27N3O6S. The topological polar surface area (TPSA) is 105 Å². The minimum Gasteiger partial charge on any atom is -0.497 e.